The Labute approximate surface area is 213 Å². The first-order chi connectivity index (χ1) is 17.3. The van der Waals surface area contributed by atoms with Crippen molar-refractivity contribution in [1.29, 1.82) is 0 Å². The zero-order chi connectivity index (χ0) is 24.9. The third kappa shape index (κ3) is 4.77. The molecule has 4 heterocycles. The van der Waals surface area contributed by atoms with Crippen LogP contribution in [0, 0.1) is 5.41 Å². The van der Waals surface area contributed by atoms with Gasteiger partial charge in [-0.05, 0) is 49.1 Å². The topological polar surface area (TPSA) is 65.5 Å². The third-order valence-electron chi connectivity index (χ3n) is 7.97. The number of ether oxygens (including phenoxy) is 2. The summed E-state index contributed by atoms with van der Waals surface area (Å²) in [7, 11) is 0. The number of rotatable bonds is 6. The minimum atomic E-state index is -0.620. The summed E-state index contributed by atoms with van der Waals surface area (Å²) in [6, 6.07) is 14.5. The molecular weight excluding hydrogens is 454 g/mol. The van der Waals surface area contributed by atoms with Crippen molar-refractivity contribution in [3.05, 3.63) is 64.7 Å². The number of aliphatic hydroxyl groups is 1. The Morgan fingerprint density at radius 1 is 1.00 bits per heavy atom. The van der Waals surface area contributed by atoms with Crippen LogP contribution in [0.5, 0.6) is 5.75 Å². The molecule has 4 aliphatic heterocycles. The molecule has 2 aromatic carbocycles. The normalized spacial score (nSPS) is 23.6. The average molecular weight is 492 g/mol. The Kier molecular flexibility index (Phi) is 6.07. The fourth-order valence-electron chi connectivity index (χ4n) is 6.27. The molecule has 2 saturated heterocycles. The molecule has 0 bridgehead atoms. The first-order valence-electron chi connectivity index (χ1n) is 13.2. The highest BCUT2D eigenvalue weighted by Crippen LogP contribution is 2.39. The Bertz CT molecular complexity index is 1140. The Morgan fingerprint density at radius 2 is 1.78 bits per heavy atom. The van der Waals surface area contributed by atoms with Crippen LogP contribution in [-0.4, -0.2) is 89.9 Å². The van der Waals surface area contributed by atoms with Gasteiger partial charge in [-0.1, -0.05) is 30.3 Å². The predicted molar refractivity (Wildman–Crippen MR) is 137 cm³/mol. The molecule has 0 aliphatic carbocycles. The van der Waals surface area contributed by atoms with Crippen molar-refractivity contribution in [3.8, 4) is 5.75 Å². The minimum absolute atomic E-state index is 0.0697. The van der Waals surface area contributed by atoms with E-state index in [-0.39, 0.29) is 5.91 Å². The summed E-state index contributed by atoms with van der Waals surface area (Å²) in [5.41, 5.74) is 4.30. The number of hydrogen-bond acceptors (Lipinski definition) is 6. The van der Waals surface area contributed by atoms with Crippen LogP contribution >= 0.6 is 0 Å². The van der Waals surface area contributed by atoms with E-state index in [1.807, 2.05) is 32.0 Å². The SMILES string of the molecule is CC1(C)CN(CC(O)CN2CCc3ccccc3C2)C(=O)c2ccc(CN3CC4(COC4)C3)cc2O1. The van der Waals surface area contributed by atoms with Crippen molar-refractivity contribution in [2.75, 3.05) is 52.5 Å². The highest BCUT2D eigenvalue weighted by atomic mass is 16.5. The lowest BCUT2D eigenvalue weighted by molar-refractivity contribution is -0.191. The van der Waals surface area contributed by atoms with Crippen LogP contribution in [0.3, 0.4) is 0 Å². The highest BCUT2D eigenvalue weighted by Gasteiger charge is 2.48. The number of amides is 1. The number of aliphatic hydroxyl groups excluding tert-OH is 1. The van der Waals surface area contributed by atoms with E-state index < -0.39 is 11.7 Å². The summed E-state index contributed by atoms with van der Waals surface area (Å²) in [5, 5.41) is 11.0. The molecular formula is C29H37N3O4. The van der Waals surface area contributed by atoms with Gasteiger partial charge in [0.05, 0.1) is 31.4 Å². The molecule has 1 amide bonds. The van der Waals surface area contributed by atoms with E-state index in [0.29, 0.717) is 36.4 Å². The van der Waals surface area contributed by atoms with Gasteiger partial charge < -0.3 is 19.5 Å². The largest absolute Gasteiger partial charge is 0.485 e. The number of nitrogens with zero attached hydrogens (tertiary/aromatic N) is 3. The van der Waals surface area contributed by atoms with Crippen molar-refractivity contribution in [2.45, 2.75) is 45.1 Å². The van der Waals surface area contributed by atoms with Gasteiger partial charge in [0.1, 0.15) is 11.4 Å². The first kappa shape index (κ1) is 23.9. The van der Waals surface area contributed by atoms with E-state index in [0.717, 1.165) is 57.9 Å². The van der Waals surface area contributed by atoms with Gasteiger partial charge in [-0.15, -0.1) is 0 Å². The van der Waals surface area contributed by atoms with Crippen molar-refractivity contribution in [1.82, 2.24) is 14.7 Å². The van der Waals surface area contributed by atoms with Crippen LogP contribution in [0.25, 0.3) is 0 Å². The van der Waals surface area contributed by atoms with Gasteiger partial charge in [-0.2, -0.15) is 0 Å². The van der Waals surface area contributed by atoms with Gasteiger partial charge in [-0.3, -0.25) is 14.6 Å². The molecule has 2 aromatic rings. The summed E-state index contributed by atoms with van der Waals surface area (Å²) in [6.45, 7) is 11.8. The second-order valence-corrected chi connectivity index (χ2v) is 11.9. The van der Waals surface area contributed by atoms with Crippen LogP contribution in [0.15, 0.2) is 42.5 Å². The zero-order valence-electron chi connectivity index (χ0n) is 21.4. The van der Waals surface area contributed by atoms with Crippen molar-refractivity contribution in [3.63, 3.8) is 0 Å². The number of fused-ring (bicyclic) bond motifs is 2. The fraction of sp³-hybridized carbons (Fsp3) is 0.552. The zero-order valence-corrected chi connectivity index (χ0v) is 21.4. The standard InChI is InChI=1S/C29H37N3O4/c1-28(2)16-32(15-24(33)14-30-10-9-22-5-3-4-6-23(22)13-30)27(34)25-8-7-21(11-26(25)36-28)12-31-17-29(18-31)19-35-20-29/h3-8,11,24,33H,9-10,12-20H2,1-2H3. The monoisotopic (exact) mass is 491 g/mol. The van der Waals surface area contributed by atoms with E-state index in [4.69, 9.17) is 9.47 Å². The molecule has 0 saturated carbocycles. The molecule has 0 aromatic heterocycles. The van der Waals surface area contributed by atoms with Gasteiger partial charge in [0.25, 0.3) is 5.91 Å². The fourth-order valence-corrected chi connectivity index (χ4v) is 6.27. The lowest BCUT2D eigenvalue weighted by atomic mass is 9.78. The van der Waals surface area contributed by atoms with E-state index in [2.05, 4.69) is 34.1 Å². The molecule has 1 spiro atoms. The van der Waals surface area contributed by atoms with Gasteiger partial charge in [0.15, 0.2) is 0 Å². The summed E-state index contributed by atoms with van der Waals surface area (Å²) in [6.07, 6.45) is 0.374. The number of benzene rings is 2. The maximum Gasteiger partial charge on any atom is 0.257 e. The number of β-amino-alcohol motifs (C(OH)–C–C–N with tert-alkyl or cyclic N) is 1. The molecule has 7 heteroatoms. The second kappa shape index (κ2) is 9.14. The van der Waals surface area contributed by atoms with E-state index in [9.17, 15) is 9.90 Å². The van der Waals surface area contributed by atoms with Crippen molar-refractivity contribution < 1.29 is 19.4 Å². The van der Waals surface area contributed by atoms with E-state index in [1.165, 1.54) is 11.1 Å². The quantitative estimate of drug-likeness (QED) is 0.670. The molecule has 0 radical (unpaired) electrons. The summed E-state index contributed by atoms with van der Waals surface area (Å²) >= 11 is 0. The molecule has 192 valence electrons. The molecule has 1 N–H and O–H groups in total. The van der Waals surface area contributed by atoms with Crippen LogP contribution in [0.1, 0.15) is 40.9 Å². The molecule has 7 nitrogen and oxygen atoms in total. The molecule has 36 heavy (non-hydrogen) atoms. The van der Waals surface area contributed by atoms with Gasteiger partial charge >= 0.3 is 0 Å². The van der Waals surface area contributed by atoms with Crippen molar-refractivity contribution >= 4 is 5.91 Å². The van der Waals surface area contributed by atoms with E-state index in [1.54, 1.807) is 4.90 Å². The number of hydrogen-bond donors (Lipinski definition) is 1. The average Bonchev–Trinajstić information content (AvgIpc) is 2.87. The molecule has 4 aliphatic rings. The molecule has 1 unspecified atom stereocenters. The maximum atomic E-state index is 13.5. The molecule has 1 atom stereocenters. The van der Waals surface area contributed by atoms with Gasteiger partial charge in [0.2, 0.25) is 0 Å². The number of likely N-dealkylation sites (tertiary alicyclic amines) is 1. The highest BCUT2D eigenvalue weighted by molar-refractivity contribution is 5.97. The first-order valence-corrected chi connectivity index (χ1v) is 13.2. The second-order valence-electron chi connectivity index (χ2n) is 11.9. The van der Waals surface area contributed by atoms with Crippen LogP contribution < -0.4 is 4.74 Å². The van der Waals surface area contributed by atoms with Crippen molar-refractivity contribution in [2.24, 2.45) is 5.41 Å². The lowest BCUT2D eigenvalue weighted by Gasteiger charge is -2.55. The Morgan fingerprint density at radius 3 is 2.53 bits per heavy atom. The smallest absolute Gasteiger partial charge is 0.257 e. The Hall–Kier alpha value is -2.45. The maximum absolute atomic E-state index is 13.5. The van der Waals surface area contributed by atoms with Crippen LogP contribution in [0.2, 0.25) is 0 Å². The minimum Gasteiger partial charge on any atom is -0.485 e. The van der Waals surface area contributed by atoms with Gasteiger partial charge in [-0.25, -0.2) is 0 Å². The third-order valence-corrected chi connectivity index (χ3v) is 7.97. The lowest BCUT2D eigenvalue weighted by Crippen LogP contribution is -2.65. The predicted octanol–water partition coefficient (Wildman–Crippen LogP) is 2.55. The van der Waals surface area contributed by atoms with Crippen LogP contribution in [0.4, 0.5) is 0 Å². The molecule has 6 rings (SSSR count). The summed E-state index contributed by atoms with van der Waals surface area (Å²) in [4.78, 5) is 20.0. The van der Waals surface area contributed by atoms with E-state index >= 15 is 0 Å². The number of carbonyl (C=O) groups is 1. The Balaban J connectivity index is 1.11. The number of carbonyl (C=O) groups excluding carboxylic acids is 1. The summed E-state index contributed by atoms with van der Waals surface area (Å²) < 4.78 is 11.8. The van der Waals surface area contributed by atoms with Gasteiger partial charge in [0, 0.05) is 51.2 Å². The summed E-state index contributed by atoms with van der Waals surface area (Å²) in [5.74, 6) is 0.578. The van der Waals surface area contributed by atoms with Crippen LogP contribution in [-0.2, 0) is 24.2 Å². The molecule has 2 fully saturated rings.